The average Bonchev–Trinajstić information content (AvgIpc) is 3.30. The van der Waals surface area contributed by atoms with Crippen molar-refractivity contribution >= 4 is 11.8 Å². The lowest BCUT2D eigenvalue weighted by atomic mass is 9.91. The zero-order valence-electron chi connectivity index (χ0n) is 13.4. The molecule has 0 spiro atoms. The summed E-state index contributed by atoms with van der Waals surface area (Å²) in [4.78, 5) is 0. The molecule has 2 nitrogen and oxygen atoms in total. The molecular weight excluding hydrogens is 278 g/mol. The maximum absolute atomic E-state index is 9.75. The fourth-order valence-corrected chi connectivity index (χ4v) is 3.66. The zero-order chi connectivity index (χ0) is 15.1. The number of nitrogens with one attached hydrogen (secondary N) is 1. The third-order valence-electron chi connectivity index (χ3n) is 4.36. The first-order valence-electron chi connectivity index (χ1n) is 8.19. The monoisotopic (exact) mass is 307 g/mol. The van der Waals surface area contributed by atoms with Crippen LogP contribution in [0.3, 0.4) is 0 Å². The summed E-state index contributed by atoms with van der Waals surface area (Å²) in [5.74, 6) is 2.26. The maximum Gasteiger partial charge on any atom is 0.0613 e. The number of benzene rings is 1. The van der Waals surface area contributed by atoms with E-state index in [4.69, 9.17) is 0 Å². The molecule has 21 heavy (non-hydrogen) atoms. The summed E-state index contributed by atoms with van der Waals surface area (Å²) in [5, 5.41) is 13.4. The molecule has 118 valence electrons. The Hall–Kier alpha value is -0.510. The molecule has 1 fully saturated rings. The molecular formula is C18H29NOS. The molecule has 0 bridgehead atoms. The van der Waals surface area contributed by atoms with Crippen molar-refractivity contribution in [3.8, 4) is 0 Å². The van der Waals surface area contributed by atoms with Crippen LogP contribution in [-0.4, -0.2) is 29.0 Å². The average molecular weight is 308 g/mol. The van der Waals surface area contributed by atoms with Crippen LogP contribution in [0.15, 0.2) is 24.3 Å². The fourth-order valence-electron chi connectivity index (χ4n) is 2.75. The van der Waals surface area contributed by atoms with Gasteiger partial charge in [-0.15, -0.1) is 0 Å². The van der Waals surface area contributed by atoms with Gasteiger partial charge < -0.3 is 10.4 Å². The van der Waals surface area contributed by atoms with Crippen LogP contribution in [0.2, 0.25) is 0 Å². The van der Waals surface area contributed by atoms with E-state index in [0.29, 0.717) is 6.04 Å². The highest BCUT2D eigenvalue weighted by Gasteiger charge is 2.33. The van der Waals surface area contributed by atoms with Crippen LogP contribution in [0.4, 0.5) is 0 Å². The molecule has 0 aromatic heterocycles. The first kappa shape index (κ1) is 16.9. The quantitative estimate of drug-likeness (QED) is 0.643. The van der Waals surface area contributed by atoms with E-state index < -0.39 is 0 Å². The number of aliphatic hydroxyl groups is 1. The molecule has 0 amide bonds. The van der Waals surface area contributed by atoms with Gasteiger partial charge in [-0.25, -0.2) is 0 Å². The van der Waals surface area contributed by atoms with Crippen LogP contribution in [0.25, 0.3) is 0 Å². The Balaban J connectivity index is 1.67. The maximum atomic E-state index is 9.75. The number of hydrogen-bond donors (Lipinski definition) is 2. The second kappa shape index (κ2) is 8.21. The number of hydrogen-bond acceptors (Lipinski definition) is 3. The molecule has 0 saturated heterocycles. The van der Waals surface area contributed by atoms with Crippen molar-refractivity contribution in [2.45, 2.75) is 63.3 Å². The van der Waals surface area contributed by atoms with E-state index in [-0.39, 0.29) is 12.1 Å². The van der Waals surface area contributed by atoms with Crippen LogP contribution < -0.4 is 5.32 Å². The SMILES string of the molecule is CCC(CO)(CCCSCc1cccc(C)c1)NC1CC1. The molecule has 0 heterocycles. The summed E-state index contributed by atoms with van der Waals surface area (Å²) in [7, 11) is 0. The summed E-state index contributed by atoms with van der Waals surface area (Å²) in [6.45, 7) is 4.60. The van der Waals surface area contributed by atoms with Gasteiger partial charge in [0.05, 0.1) is 6.61 Å². The van der Waals surface area contributed by atoms with Gasteiger partial charge >= 0.3 is 0 Å². The first-order valence-corrected chi connectivity index (χ1v) is 9.35. The summed E-state index contributed by atoms with van der Waals surface area (Å²) >= 11 is 2.00. The predicted octanol–water partition coefficient (Wildman–Crippen LogP) is 3.90. The second-order valence-corrected chi connectivity index (χ2v) is 7.46. The molecule has 2 rings (SSSR count). The molecule has 1 atom stereocenters. The van der Waals surface area contributed by atoms with E-state index >= 15 is 0 Å². The number of aliphatic hydroxyl groups excluding tert-OH is 1. The third kappa shape index (κ3) is 5.65. The smallest absolute Gasteiger partial charge is 0.0613 e. The Morgan fingerprint density at radius 3 is 2.81 bits per heavy atom. The van der Waals surface area contributed by atoms with E-state index in [9.17, 15) is 5.11 Å². The minimum absolute atomic E-state index is 0.0366. The van der Waals surface area contributed by atoms with Gasteiger partial charge in [0.15, 0.2) is 0 Å². The van der Waals surface area contributed by atoms with Crippen molar-refractivity contribution in [2.75, 3.05) is 12.4 Å². The van der Waals surface area contributed by atoms with Crippen LogP contribution >= 0.6 is 11.8 Å². The Morgan fingerprint density at radius 1 is 1.38 bits per heavy atom. The number of thioether (sulfide) groups is 1. The second-order valence-electron chi connectivity index (χ2n) is 6.36. The standard InChI is InChI=1S/C18H29NOS/c1-3-18(14-20,19-17-8-9-17)10-5-11-21-13-16-7-4-6-15(2)12-16/h4,6-7,12,17,19-20H,3,5,8-11,13-14H2,1-2H3. The summed E-state index contributed by atoms with van der Waals surface area (Å²) in [5.41, 5.74) is 2.72. The van der Waals surface area contributed by atoms with Crippen LogP contribution in [0, 0.1) is 6.92 Å². The first-order chi connectivity index (χ1) is 10.2. The highest BCUT2D eigenvalue weighted by Crippen LogP contribution is 2.27. The minimum Gasteiger partial charge on any atom is -0.394 e. The molecule has 1 aromatic rings. The van der Waals surface area contributed by atoms with Crippen LogP contribution in [0.1, 0.15) is 50.2 Å². The highest BCUT2D eigenvalue weighted by atomic mass is 32.2. The van der Waals surface area contributed by atoms with Crippen LogP contribution in [0.5, 0.6) is 0 Å². The molecule has 1 aromatic carbocycles. The minimum atomic E-state index is -0.0366. The number of rotatable bonds is 10. The van der Waals surface area contributed by atoms with E-state index in [2.05, 4.69) is 43.4 Å². The molecule has 0 radical (unpaired) electrons. The summed E-state index contributed by atoms with van der Waals surface area (Å²) in [6, 6.07) is 9.43. The van der Waals surface area contributed by atoms with Crippen molar-refractivity contribution in [2.24, 2.45) is 0 Å². The summed E-state index contributed by atoms with van der Waals surface area (Å²) in [6.07, 6.45) is 5.83. The third-order valence-corrected chi connectivity index (χ3v) is 5.48. The van der Waals surface area contributed by atoms with Crippen molar-refractivity contribution in [1.82, 2.24) is 5.32 Å². The van der Waals surface area contributed by atoms with Gasteiger partial charge in [-0.05, 0) is 50.3 Å². The largest absolute Gasteiger partial charge is 0.394 e. The Labute approximate surface area is 133 Å². The Bertz CT molecular complexity index is 427. The fraction of sp³-hybridized carbons (Fsp3) is 0.667. The molecule has 1 aliphatic carbocycles. The van der Waals surface area contributed by atoms with Gasteiger partial charge in [-0.3, -0.25) is 0 Å². The number of aryl methyl sites for hydroxylation is 1. The Kier molecular flexibility index (Phi) is 6.59. The molecule has 1 aliphatic rings. The lowest BCUT2D eigenvalue weighted by Gasteiger charge is -2.32. The van der Waals surface area contributed by atoms with Gasteiger partial charge in [0.25, 0.3) is 0 Å². The van der Waals surface area contributed by atoms with E-state index in [1.807, 2.05) is 11.8 Å². The Morgan fingerprint density at radius 2 is 2.19 bits per heavy atom. The van der Waals surface area contributed by atoms with Crippen molar-refractivity contribution in [3.63, 3.8) is 0 Å². The van der Waals surface area contributed by atoms with Gasteiger partial charge in [-0.1, -0.05) is 36.8 Å². The normalized spacial score (nSPS) is 17.7. The van der Waals surface area contributed by atoms with Crippen molar-refractivity contribution in [1.29, 1.82) is 0 Å². The topological polar surface area (TPSA) is 32.3 Å². The zero-order valence-corrected chi connectivity index (χ0v) is 14.2. The van der Waals surface area contributed by atoms with Crippen molar-refractivity contribution < 1.29 is 5.11 Å². The lowest BCUT2D eigenvalue weighted by molar-refractivity contribution is 0.144. The van der Waals surface area contributed by atoms with Gasteiger partial charge in [0.1, 0.15) is 0 Å². The van der Waals surface area contributed by atoms with Gasteiger partial charge in [0.2, 0.25) is 0 Å². The van der Waals surface area contributed by atoms with E-state index in [0.717, 1.165) is 18.6 Å². The molecule has 2 N–H and O–H groups in total. The van der Waals surface area contributed by atoms with Crippen molar-refractivity contribution in [3.05, 3.63) is 35.4 Å². The molecule has 1 saturated carbocycles. The summed E-state index contributed by atoms with van der Waals surface area (Å²) < 4.78 is 0. The van der Waals surface area contributed by atoms with Gasteiger partial charge in [0, 0.05) is 17.3 Å². The van der Waals surface area contributed by atoms with Gasteiger partial charge in [-0.2, -0.15) is 11.8 Å². The lowest BCUT2D eigenvalue weighted by Crippen LogP contribution is -2.49. The molecule has 3 heteroatoms. The molecule has 1 unspecified atom stereocenters. The van der Waals surface area contributed by atoms with E-state index in [1.54, 1.807) is 0 Å². The van der Waals surface area contributed by atoms with Crippen LogP contribution in [-0.2, 0) is 5.75 Å². The predicted molar refractivity (Wildman–Crippen MR) is 92.8 cm³/mol. The van der Waals surface area contributed by atoms with E-state index in [1.165, 1.54) is 36.1 Å². The highest BCUT2D eigenvalue weighted by molar-refractivity contribution is 7.98. The molecule has 0 aliphatic heterocycles.